The highest BCUT2D eigenvalue weighted by Gasteiger charge is 2.39. The highest BCUT2D eigenvalue weighted by Crippen LogP contribution is 2.36. The van der Waals surface area contributed by atoms with Crippen LogP contribution in [0.4, 0.5) is 5.82 Å². The van der Waals surface area contributed by atoms with Crippen LogP contribution in [-0.4, -0.2) is 50.9 Å². The summed E-state index contributed by atoms with van der Waals surface area (Å²) in [5.41, 5.74) is 3.49. The molecule has 1 aromatic heterocycles. The molecular formula is C23H35N3O2. The van der Waals surface area contributed by atoms with Crippen LogP contribution in [0, 0.1) is 0 Å². The van der Waals surface area contributed by atoms with Gasteiger partial charge in [-0.05, 0) is 37.7 Å². The molecule has 5 heteroatoms. The van der Waals surface area contributed by atoms with Crippen LogP contribution >= 0.6 is 0 Å². The van der Waals surface area contributed by atoms with E-state index >= 15 is 0 Å². The second-order valence-electron chi connectivity index (χ2n) is 7.28. The Morgan fingerprint density at radius 1 is 1.14 bits per heavy atom. The van der Waals surface area contributed by atoms with Crippen LogP contribution in [-0.2, 0) is 28.0 Å². The first kappa shape index (κ1) is 22.3. The molecule has 0 amide bonds. The fourth-order valence-electron chi connectivity index (χ4n) is 3.58. The van der Waals surface area contributed by atoms with Gasteiger partial charge in [-0.25, -0.2) is 4.98 Å². The van der Waals surface area contributed by atoms with Crippen molar-refractivity contribution in [3.8, 4) is 0 Å². The summed E-state index contributed by atoms with van der Waals surface area (Å²) < 4.78 is 11.3. The highest BCUT2D eigenvalue weighted by atomic mass is 16.5. The molecule has 2 heterocycles. The third-order valence-corrected chi connectivity index (χ3v) is 4.85. The Kier molecular flexibility index (Phi) is 8.90. The molecule has 154 valence electrons. The molecule has 0 aliphatic carbocycles. The Morgan fingerprint density at radius 2 is 1.89 bits per heavy atom. The van der Waals surface area contributed by atoms with Gasteiger partial charge in [0.25, 0.3) is 0 Å². The summed E-state index contributed by atoms with van der Waals surface area (Å²) in [6, 6.07) is 14.7. The fourth-order valence-corrected chi connectivity index (χ4v) is 3.58. The van der Waals surface area contributed by atoms with Crippen molar-refractivity contribution in [2.24, 2.45) is 0 Å². The van der Waals surface area contributed by atoms with Crippen LogP contribution in [0.2, 0.25) is 0 Å². The van der Waals surface area contributed by atoms with Gasteiger partial charge < -0.3 is 19.7 Å². The standard InChI is InChI=1S/C21H29N3O2.C2H6/c1-24(2)14-19-18(21(15-25-3)11-12-26-16-21)9-10-20(23-19)22-13-17-7-5-4-6-8-17;1-2/h4-10H,11-16H2,1-3H3,(H,22,23);1-2H3. The van der Waals surface area contributed by atoms with Gasteiger partial charge in [0.15, 0.2) is 0 Å². The number of hydrogen-bond acceptors (Lipinski definition) is 5. The zero-order chi connectivity index (χ0) is 20.4. The second-order valence-corrected chi connectivity index (χ2v) is 7.28. The molecule has 1 unspecified atom stereocenters. The van der Waals surface area contributed by atoms with Gasteiger partial charge in [0.2, 0.25) is 0 Å². The maximum Gasteiger partial charge on any atom is 0.126 e. The Labute approximate surface area is 170 Å². The number of pyridine rings is 1. The van der Waals surface area contributed by atoms with Gasteiger partial charge in [-0.3, -0.25) is 0 Å². The number of hydrogen-bond donors (Lipinski definition) is 1. The van der Waals surface area contributed by atoms with E-state index in [-0.39, 0.29) is 5.41 Å². The van der Waals surface area contributed by atoms with Gasteiger partial charge in [-0.1, -0.05) is 50.2 Å². The van der Waals surface area contributed by atoms with E-state index in [1.807, 2.05) is 19.9 Å². The summed E-state index contributed by atoms with van der Waals surface area (Å²) in [5.74, 6) is 0.904. The summed E-state index contributed by atoms with van der Waals surface area (Å²) in [6.45, 7) is 7.69. The maximum atomic E-state index is 5.73. The predicted octanol–water partition coefficient (Wildman–Crippen LogP) is 4.09. The van der Waals surface area contributed by atoms with Gasteiger partial charge in [-0.15, -0.1) is 0 Å². The lowest BCUT2D eigenvalue weighted by Gasteiger charge is -2.30. The largest absolute Gasteiger partial charge is 0.384 e. The van der Waals surface area contributed by atoms with Crippen LogP contribution in [0.3, 0.4) is 0 Å². The van der Waals surface area contributed by atoms with E-state index in [0.717, 1.165) is 37.6 Å². The van der Waals surface area contributed by atoms with Gasteiger partial charge in [0, 0.05) is 32.2 Å². The summed E-state index contributed by atoms with van der Waals surface area (Å²) in [4.78, 5) is 7.09. The number of aromatic nitrogens is 1. The molecule has 0 bridgehead atoms. The van der Waals surface area contributed by atoms with E-state index < -0.39 is 0 Å². The zero-order valence-corrected chi connectivity index (χ0v) is 18.0. The average molecular weight is 386 g/mol. The van der Waals surface area contributed by atoms with E-state index in [1.165, 1.54) is 11.1 Å². The van der Waals surface area contributed by atoms with Crippen LogP contribution in [0.25, 0.3) is 0 Å². The van der Waals surface area contributed by atoms with Crippen molar-refractivity contribution >= 4 is 5.82 Å². The molecule has 1 aromatic carbocycles. The number of anilines is 1. The minimum absolute atomic E-state index is 0.0922. The molecule has 1 aliphatic rings. The number of benzene rings is 1. The Bertz CT molecular complexity index is 698. The Balaban J connectivity index is 0.00000136. The fraction of sp³-hybridized carbons (Fsp3) is 0.522. The first-order valence-electron chi connectivity index (χ1n) is 10.1. The third kappa shape index (κ3) is 5.77. The highest BCUT2D eigenvalue weighted by molar-refractivity contribution is 5.43. The quantitative estimate of drug-likeness (QED) is 0.742. The van der Waals surface area contributed by atoms with Crippen molar-refractivity contribution < 1.29 is 9.47 Å². The molecule has 0 spiro atoms. The van der Waals surface area contributed by atoms with Crippen molar-refractivity contribution in [1.82, 2.24) is 9.88 Å². The smallest absolute Gasteiger partial charge is 0.126 e. The molecule has 3 rings (SSSR count). The molecule has 2 aromatic rings. The van der Waals surface area contributed by atoms with Crippen LogP contribution in [0.5, 0.6) is 0 Å². The molecule has 5 nitrogen and oxygen atoms in total. The van der Waals surface area contributed by atoms with E-state index in [4.69, 9.17) is 14.5 Å². The number of methoxy groups -OCH3 is 1. The topological polar surface area (TPSA) is 46.6 Å². The first-order chi connectivity index (χ1) is 13.6. The van der Waals surface area contributed by atoms with E-state index in [9.17, 15) is 0 Å². The van der Waals surface area contributed by atoms with Crippen LogP contribution in [0.1, 0.15) is 37.1 Å². The van der Waals surface area contributed by atoms with Crippen LogP contribution < -0.4 is 5.32 Å². The molecule has 28 heavy (non-hydrogen) atoms. The molecule has 0 saturated carbocycles. The zero-order valence-electron chi connectivity index (χ0n) is 18.0. The first-order valence-corrected chi connectivity index (χ1v) is 10.1. The van der Waals surface area contributed by atoms with Gasteiger partial charge in [0.05, 0.1) is 18.9 Å². The third-order valence-electron chi connectivity index (χ3n) is 4.85. The van der Waals surface area contributed by atoms with Crippen molar-refractivity contribution in [3.63, 3.8) is 0 Å². The Morgan fingerprint density at radius 3 is 2.50 bits per heavy atom. The number of nitrogens with zero attached hydrogens (tertiary/aromatic N) is 2. The molecule has 0 radical (unpaired) electrons. The SMILES string of the molecule is CC.COCC1(c2ccc(NCc3ccccc3)nc2CN(C)C)CCOC1. The van der Waals surface area contributed by atoms with Crippen LogP contribution in [0.15, 0.2) is 42.5 Å². The van der Waals surface area contributed by atoms with E-state index in [0.29, 0.717) is 13.2 Å². The summed E-state index contributed by atoms with van der Waals surface area (Å²) >= 11 is 0. The lowest BCUT2D eigenvalue weighted by Crippen LogP contribution is -2.34. The molecule has 1 saturated heterocycles. The minimum Gasteiger partial charge on any atom is -0.384 e. The summed E-state index contributed by atoms with van der Waals surface area (Å²) in [6.07, 6.45) is 0.972. The minimum atomic E-state index is -0.0922. The summed E-state index contributed by atoms with van der Waals surface area (Å²) in [7, 11) is 5.91. The summed E-state index contributed by atoms with van der Waals surface area (Å²) in [5, 5.41) is 3.44. The van der Waals surface area contributed by atoms with Crippen molar-refractivity contribution in [2.45, 2.75) is 38.8 Å². The normalized spacial score (nSPS) is 18.6. The molecule has 1 fully saturated rings. The average Bonchev–Trinajstić information content (AvgIpc) is 3.18. The number of ether oxygens (including phenoxy) is 2. The number of nitrogens with one attached hydrogen (secondary N) is 1. The van der Waals surface area contributed by atoms with Gasteiger partial charge >= 0.3 is 0 Å². The van der Waals surface area contributed by atoms with E-state index in [2.05, 4.69) is 60.7 Å². The van der Waals surface area contributed by atoms with E-state index in [1.54, 1.807) is 7.11 Å². The lowest BCUT2D eigenvalue weighted by atomic mass is 9.79. The number of rotatable bonds is 8. The molecule has 1 N–H and O–H groups in total. The molecule has 1 aliphatic heterocycles. The van der Waals surface area contributed by atoms with Crippen molar-refractivity contribution in [3.05, 3.63) is 59.3 Å². The lowest BCUT2D eigenvalue weighted by molar-refractivity contribution is 0.106. The molecular weight excluding hydrogens is 350 g/mol. The second kappa shape index (κ2) is 11.1. The van der Waals surface area contributed by atoms with Gasteiger partial charge in [0.1, 0.15) is 5.82 Å². The predicted molar refractivity (Wildman–Crippen MR) is 116 cm³/mol. The maximum absolute atomic E-state index is 5.73. The Hall–Kier alpha value is -1.95. The monoisotopic (exact) mass is 385 g/mol. The van der Waals surface area contributed by atoms with Crippen molar-refractivity contribution in [1.29, 1.82) is 0 Å². The van der Waals surface area contributed by atoms with Crippen molar-refractivity contribution in [2.75, 3.05) is 46.3 Å². The van der Waals surface area contributed by atoms with Gasteiger partial charge in [-0.2, -0.15) is 0 Å². The molecule has 1 atom stereocenters.